The molecular weight excluding hydrogens is 326 g/mol. The van der Waals surface area contributed by atoms with E-state index in [1.807, 2.05) is 54.6 Å². The topological polar surface area (TPSA) is 47.6 Å². The van der Waals surface area contributed by atoms with E-state index in [9.17, 15) is 4.79 Å². The summed E-state index contributed by atoms with van der Waals surface area (Å²) in [4.78, 5) is 12.4. The van der Waals surface area contributed by atoms with Gasteiger partial charge >= 0.3 is 0 Å². The molecule has 2 aromatic rings. The molecule has 0 bridgehead atoms. The zero-order valence-corrected chi connectivity index (χ0v) is 14.0. The summed E-state index contributed by atoms with van der Waals surface area (Å²) in [7, 11) is 0. The monoisotopic (exact) mass is 345 g/mol. The average Bonchev–Trinajstić information content (AvgIpc) is 2.62. The first-order chi connectivity index (χ1) is 11.7. The third kappa shape index (κ3) is 4.57. The Morgan fingerprint density at radius 2 is 1.67 bits per heavy atom. The Kier molecular flexibility index (Phi) is 5.86. The van der Waals surface area contributed by atoms with Crippen LogP contribution in [-0.2, 0) is 14.3 Å². The summed E-state index contributed by atoms with van der Waals surface area (Å²) >= 11 is 5.98. The van der Waals surface area contributed by atoms with E-state index in [0.717, 1.165) is 17.5 Å². The molecule has 24 heavy (non-hydrogen) atoms. The molecule has 2 aromatic carbocycles. The minimum Gasteiger partial charge on any atom is -0.352 e. The van der Waals surface area contributed by atoms with Crippen LogP contribution in [0.1, 0.15) is 30.0 Å². The molecule has 1 atom stereocenters. The predicted octanol–water partition coefficient (Wildman–Crippen LogP) is 3.70. The molecule has 1 heterocycles. The Morgan fingerprint density at radius 1 is 1.04 bits per heavy atom. The lowest BCUT2D eigenvalue weighted by molar-refractivity contribution is -0.184. The minimum absolute atomic E-state index is 0.106. The molecule has 0 aromatic heterocycles. The Bertz CT molecular complexity index is 654. The first kappa shape index (κ1) is 17.0. The SMILES string of the molecule is O=C(CC1OCCCO1)NC(c1ccccc1)c1ccc(Cl)cc1. The Hall–Kier alpha value is -1.88. The second-order valence-corrected chi connectivity index (χ2v) is 6.13. The van der Waals surface area contributed by atoms with E-state index in [4.69, 9.17) is 21.1 Å². The van der Waals surface area contributed by atoms with Crippen molar-refractivity contribution in [3.8, 4) is 0 Å². The van der Waals surface area contributed by atoms with E-state index >= 15 is 0 Å². The molecule has 4 nitrogen and oxygen atoms in total. The van der Waals surface area contributed by atoms with Crippen LogP contribution in [-0.4, -0.2) is 25.4 Å². The van der Waals surface area contributed by atoms with Crippen molar-refractivity contribution in [2.75, 3.05) is 13.2 Å². The molecule has 0 radical (unpaired) electrons. The molecule has 126 valence electrons. The fourth-order valence-electron chi connectivity index (χ4n) is 2.69. The van der Waals surface area contributed by atoms with Crippen LogP contribution in [0.5, 0.6) is 0 Å². The summed E-state index contributed by atoms with van der Waals surface area (Å²) < 4.78 is 10.9. The number of carbonyl (C=O) groups excluding carboxylic acids is 1. The number of ether oxygens (including phenoxy) is 2. The van der Waals surface area contributed by atoms with Crippen molar-refractivity contribution in [2.45, 2.75) is 25.2 Å². The van der Waals surface area contributed by atoms with E-state index in [-0.39, 0.29) is 18.4 Å². The van der Waals surface area contributed by atoms with Crippen LogP contribution in [0.25, 0.3) is 0 Å². The molecule has 1 amide bonds. The quantitative estimate of drug-likeness (QED) is 0.898. The largest absolute Gasteiger partial charge is 0.352 e. The van der Waals surface area contributed by atoms with Crippen molar-refractivity contribution in [3.63, 3.8) is 0 Å². The lowest BCUT2D eigenvalue weighted by Gasteiger charge is -2.25. The van der Waals surface area contributed by atoms with Crippen LogP contribution in [0.15, 0.2) is 54.6 Å². The van der Waals surface area contributed by atoms with Gasteiger partial charge in [0.1, 0.15) is 0 Å². The van der Waals surface area contributed by atoms with Gasteiger partial charge in [-0.2, -0.15) is 0 Å². The van der Waals surface area contributed by atoms with Crippen molar-refractivity contribution in [3.05, 3.63) is 70.7 Å². The first-order valence-electron chi connectivity index (χ1n) is 8.05. The summed E-state index contributed by atoms with van der Waals surface area (Å²) in [6, 6.07) is 17.1. The first-order valence-corrected chi connectivity index (χ1v) is 8.43. The standard InChI is InChI=1S/C19H20ClNO3/c20-16-9-7-15(8-10-16)19(14-5-2-1-3-6-14)21-17(22)13-18-23-11-4-12-24-18/h1-3,5-10,18-19H,4,11-13H2,(H,21,22). The number of carbonyl (C=O) groups is 1. The molecule has 1 fully saturated rings. The highest BCUT2D eigenvalue weighted by molar-refractivity contribution is 6.30. The van der Waals surface area contributed by atoms with Gasteiger partial charge in [0.15, 0.2) is 6.29 Å². The van der Waals surface area contributed by atoms with Gasteiger partial charge in [0, 0.05) is 5.02 Å². The molecule has 0 spiro atoms. The highest BCUT2D eigenvalue weighted by Gasteiger charge is 2.22. The van der Waals surface area contributed by atoms with Gasteiger partial charge in [-0.15, -0.1) is 0 Å². The third-order valence-electron chi connectivity index (χ3n) is 3.89. The number of hydrogen-bond donors (Lipinski definition) is 1. The second-order valence-electron chi connectivity index (χ2n) is 5.69. The summed E-state index contributed by atoms with van der Waals surface area (Å²) in [5, 5.41) is 3.74. The molecule has 0 saturated carbocycles. The normalized spacial score (nSPS) is 16.5. The summed E-state index contributed by atoms with van der Waals surface area (Å²) in [5.74, 6) is -0.106. The maximum Gasteiger partial charge on any atom is 0.225 e. The van der Waals surface area contributed by atoms with Gasteiger partial charge in [0.25, 0.3) is 0 Å². The highest BCUT2D eigenvalue weighted by Crippen LogP contribution is 2.24. The lowest BCUT2D eigenvalue weighted by atomic mass is 9.98. The van der Waals surface area contributed by atoms with E-state index in [1.165, 1.54) is 0 Å². The van der Waals surface area contributed by atoms with E-state index < -0.39 is 6.29 Å². The average molecular weight is 346 g/mol. The summed E-state index contributed by atoms with van der Waals surface area (Å²) in [6.45, 7) is 1.27. The fraction of sp³-hybridized carbons (Fsp3) is 0.316. The van der Waals surface area contributed by atoms with Crippen molar-refractivity contribution in [1.29, 1.82) is 0 Å². The van der Waals surface area contributed by atoms with Crippen LogP contribution >= 0.6 is 11.6 Å². The van der Waals surface area contributed by atoms with E-state index in [0.29, 0.717) is 18.2 Å². The number of benzene rings is 2. The zero-order valence-electron chi connectivity index (χ0n) is 13.3. The van der Waals surface area contributed by atoms with Crippen molar-refractivity contribution < 1.29 is 14.3 Å². The number of rotatable bonds is 5. The van der Waals surface area contributed by atoms with Gasteiger partial charge in [-0.25, -0.2) is 0 Å². The fourth-order valence-corrected chi connectivity index (χ4v) is 2.81. The van der Waals surface area contributed by atoms with Crippen LogP contribution in [0.4, 0.5) is 0 Å². The molecule has 3 rings (SSSR count). The van der Waals surface area contributed by atoms with E-state index in [1.54, 1.807) is 0 Å². The van der Waals surface area contributed by atoms with Gasteiger partial charge < -0.3 is 14.8 Å². The van der Waals surface area contributed by atoms with Crippen molar-refractivity contribution in [1.82, 2.24) is 5.32 Å². The molecule has 1 N–H and O–H groups in total. The van der Waals surface area contributed by atoms with Gasteiger partial charge in [-0.05, 0) is 29.7 Å². The van der Waals surface area contributed by atoms with Gasteiger partial charge in [0.05, 0.1) is 25.7 Å². The van der Waals surface area contributed by atoms with E-state index in [2.05, 4.69) is 5.32 Å². The molecule has 1 aliphatic rings. The molecule has 5 heteroatoms. The molecule has 1 aliphatic heterocycles. The number of halogens is 1. The van der Waals surface area contributed by atoms with Crippen LogP contribution in [0, 0.1) is 0 Å². The Balaban J connectivity index is 1.74. The second kappa shape index (κ2) is 8.29. The smallest absolute Gasteiger partial charge is 0.225 e. The Morgan fingerprint density at radius 3 is 2.33 bits per heavy atom. The van der Waals surface area contributed by atoms with Gasteiger partial charge in [-0.3, -0.25) is 4.79 Å². The van der Waals surface area contributed by atoms with Crippen LogP contribution in [0.3, 0.4) is 0 Å². The summed E-state index contributed by atoms with van der Waals surface area (Å²) in [5.41, 5.74) is 1.99. The predicted molar refractivity (Wildman–Crippen MR) is 92.8 cm³/mol. The molecule has 0 aliphatic carbocycles. The third-order valence-corrected chi connectivity index (χ3v) is 4.14. The molecule has 1 saturated heterocycles. The van der Waals surface area contributed by atoms with Crippen molar-refractivity contribution in [2.24, 2.45) is 0 Å². The van der Waals surface area contributed by atoms with Crippen LogP contribution < -0.4 is 5.32 Å². The highest BCUT2D eigenvalue weighted by atomic mass is 35.5. The van der Waals surface area contributed by atoms with Crippen molar-refractivity contribution >= 4 is 17.5 Å². The number of amides is 1. The molecule has 1 unspecified atom stereocenters. The number of nitrogens with one attached hydrogen (secondary N) is 1. The van der Waals surface area contributed by atoms with Gasteiger partial charge in [-0.1, -0.05) is 54.1 Å². The maximum absolute atomic E-state index is 12.4. The van der Waals surface area contributed by atoms with Crippen LogP contribution in [0.2, 0.25) is 5.02 Å². The maximum atomic E-state index is 12.4. The minimum atomic E-state index is -0.458. The lowest BCUT2D eigenvalue weighted by Crippen LogP contribution is -2.35. The zero-order chi connectivity index (χ0) is 16.8. The Labute approximate surface area is 146 Å². The summed E-state index contributed by atoms with van der Waals surface area (Å²) in [6.07, 6.45) is 0.604. The number of hydrogen-bond acceptors (Lipinski definition) is 3. The molecular formula is C19H20ClNO3. The van der Waals surface area contributed by atoms with Gasteiger partial charge in [0.2, 0.25) is 5.91 Å².